The van der Waals surface area contributed by atoms with E-state index < -0.39 is 0 Å². The van der Waals surface area contributed by atoms with E-state index >= 15 is 0 Å². The van der Waals surface area contributed by atoms with Crippen molar-refractivity contribution in [2.75, 3.05) is 11.9 Å². The largest absolute Gasteiger partial charge is 0.339 e. The zero-order valence-corrected chi connectivity index (χ0v) is 17.3. The Morgan fingerprint density at radius 3 is 2.77 bits per heavy atom. The molecule has 31 heavy (non-hydrogen) atoms. The number of nitrogens with zero attached hydrogens (tertiary/aromatic N) is 2. The van der Waals surface area contributed by atoms with Gasteiger partial charge in [0.25, 0.3) is 0 Å². The lowest BCUT2D eigenvalue weighted by atomic mass is 9.98. The summed E-state index contributed by atoms with van der Waals surface area (Å²) in [6.07, 6.45) is 7.27. The van der Waals surface area contributed by atoms with Gasteiger partial charge >= 0.3 is 0 Å². The fourth-order valence-corrected chi connectivity index (χ4v) is 3.85. The van der Waals surface area contributed by atoms with Crippen LogP contribution in [-0.4, -0.2) is 35.2 Å². The topological polar surface area (TPSA) is 82.2 Å². The molecule has 7 heteroatoms. The molecule has 1 aromatic carbocycles. The molecule has 4 rings (SSSR count). The van der Waals surface area contributed by atoms with E-state index in [1.54, 1.807) is 24.4 Å². The van der Waals surface area contributed by atoms with Gasteiger partial charge < -0.3 is 15.6 Å². The van der Waals surface area contributed by atoms with Gasteiger partial charge in [0.1, 0.15) is 17.3 Å². The average Bonchev–Trinajstić information content (AvgIpc) is 3.43. The van der Waals surface area contributed by atoms with Crippen molar-refractivity contribution in [3.63, 3.8) is 0 Å². The van der Waals surface area contributed by atoms with E-state index in [-0.39, 0.29) is 17.8 Å². The number of aliphatic imine (C=N–C) groups is 1. The van der Waals surface area contributed by atoms with Crippen LogP contribution in [0.5, 0.6) is 0 Å². The van der Waals surface area contributed by atoms with Gasteiger partial charge in [-0.1, -0.05) is 6.08 Å². The summed E-state index contributed by atoms with van der Waals surface area (Å²) in [6, 6.07) is 9.84. The van der Waals surface area contributed by atoms with E-state index in [9.17, 15) is 9.18 Å². The Labute approximate surface area is 180 Å². The maximum absolute atomic E-state index is 13.5. The molecule has 3 N–H and O–H groups in total. The van der Waals surface area contributed by atoms with Gasteiger partial charge in [0.05, 0.1) is 11.7 Å². The molecular weight excluding hydrogens is 393 g/mol. The SMILES string of the molecule is C=N/C=C\C(=C/C)c1c(-c2ccc(F)cc2)[nH]c2nc(NC(=O)C3CCCN3)ccc12. The molecule has 1 fully saturated rings. The van der Waals surface area contributed by atoms with E-state index in [0.29, 0.717) is 11.5 Å². The first-order valence-corrected chi connectivity index (χ1v) is 10.2. The molecule has 1 saturated heterocycles. The highest BCUT2D eigenvalue weighted by Gasteiger charge is 2.23. The molecular formula is C24H24FN5O. The standard InChI is InChI=1S/C24H24FN5O/c1-3-15(12-14-26-2)21-18-10-11-20(29-24(31)19-5-4-13-27-19)28-23(18)30-22(21)16-6-8-17(25)9-7-16/h3,6-12,14,19,27H,2,4-5,13H2,1H3,(H2,28,29,30,31)/b14-12-,15-3+. The van der Waals surface area contributed by atoms with Gasteiger partial charge in [0.15, 0.2) is 0 Å². The van der Waals surface area contributed by atoms with E-state index in [0.717, 1.165) is 47.2 Å². The summed E-state index contributed by atoms with van der Waals surface area (Å²) >= 11 is 0. The van der Waals surface area contributed by atoms with E-state index in [4.69, 9.17) is 0 Å². The first kappa shape index (κ1) is 20.7. The van der Waals surface area contributed by atoms with Gasteiger partial charge in [0, 0.05) is 17.1 Å². The van der Waals surface area contributed by atoms with Crippen LogP contribution in [0, 0.1) is 5.82 Å². The van der Waals surface area contributed by atoms with Crippen LogP contribution < -0.4 is 10.6 Å². The van der Waals surface area contributed by atoms with Crippen LogP contribution in [0.25, 0.3) is 27.9 Å². The minimum Gasteiger partial charge on any atom is -0.339 e. The lowest BCUT2D eigenvalue weighted by Gasteiger charge is -2.10. The molecule has 0 saturated carbocycles. The predicted molar refractivity (Wildman–Crippen MR) is 123 cm³/mol. The predicted octanol–water partition coefficient (Wildman–Crippen LogP) is 4.68. The highest BCUT2D eigenvalue weighted by Crippen LogP contribution is 2.36. The molecule has 1 aliphatic heterocycles. The Morgan fingerprint density at radius 2 is 2.10 bits per heavy atom. The number of aromatic amines is 1. The number of carbonyl (C=O) groups excluding carboxylic acids is 1. The summed E-state index contributed by atoms with van der Waals surface area (Å²) in [5.74, 6) is 0.103. The summed E-state index contributed by atoms with van der Waals surface area (Å²) < 4.78 is 13.5. The minimum atomic E-state index is -0.299. The van der Waals surface area contributed by atoms with E-state index in [2.05, 4.69) is 32.3 Å². The third-order valence-corrected chi connectivity index (χ3v) is 5.38. The molecule has 1 unspecified atom stereocenters. The molecule has 0 bridgehead atoms. The number of rotatable bonds is 6. The third-order valence-electron chi connectivity index (χ3n) is 5.38. The zero-order valence-electron chi connectivity index (χ0n) is 17.3. The summed E-state index contributed by atoms with van der Waals surface area (Å²) in [5, 5.41) is 6.97. The molecule has 1 atom stereocenters. The second-order valence-corrected chi connectivity index (χ2v) is 7.36. The van der Waals surface area contributed by atoms with Crippen molar-refractivity contribution in [1.29, 1.82) is 0 Å². The van der Waals surface area contributed by atoms with E-state index in [1.165, 1.54) is 12.1 Å². The number of allylic oxidation sites excluding steroid dienone is 3. The fraction of sp³-hybridized carbons (Fsp3) is 0.208. The van der Waals surface area contributed by atoms with Crippen LogP contribution in [0.15, 0.2) is 59.7 Å². The van der Waals surface area contributed by atoms with Crippen molar-refractivity contribution in [3.05, 3.63) is 66.1 Å². The molecule has 0 radical (unpaired) electrons. The molecule has 3 aromatic rings. The lowest BCUT2D eigenvalue weighted by molar-refractivity contribution is -0.117. The number of hydrogen-bond donors (Lipinski definition) is 3. The average molecular weight is 417 g/mol. The van der Waals surface area contributed by atoms with Crippen molar-refractivity contribution in [1.82, 2.24) is 15.3 Å². The number of nitrogens with one attached hydrogen (secondary N) is 3. The molecule has 0 spiro atoms. The van der Waals surface area contributed by atoms with Gasteiger partial charge in [-0.05, 0) is 86.6 Å². The number of benzene rings is 1. The van der Waals surface area contributed by atoms with Crippen LogP contribution in [0.3, 0.4) is 0 Å². The summed E-state index contributed by atoms with van der Waals surface area (Å²) in [4.78, 5) is 24.3. The number of hydrogen-bond acceptors (Lipinski definition) is 4. The highest BCUT2D eigenvalue weighted by molar-refractivity contribution is 6.02. The highest BCUT2D eigenvalue weighted by atomic mass is 19.1. The minimum absolute atomic E-state index is 0.0796. The number of pyridine rings is 1. The quantitative estimate of drug-likeness (QED) is 0.402. The van der Waals surface area contributed by atoms with Crippen LogP contribution in [-0.2, 0) is 4.79 Å². The molecule has 6 nitrogen and oxygen atoms in total. The molecule has 1 aliphatic rings. The van der Waals surface area contributed by atoms with Gasteiger partial charge in [-0.15, -0.1) is 0 Å². The summed E-state index contributed by atoms with van der Waals surface area (Å²) in [7, 11) is 0. The maximum atomic E-state index is 13.5. The molecule has 0 aliphatic carbocycles. The van der Waals surface area contributed by atoms with Crippen LogP contribution in [0.1, 0.15) is 25.3 Å². The number of aromatic nitrogens is 2. The molecule has 158 valence electrons. The lowest BCUT2D eigenvalue weighted by Crippen LogP contribution is -2.35. The number of H-pyrrole nitrogens is 1. The number of fused-ring (bicyclic) bond motifs is 1. The number of halogens is 1. The number of amides is 1. The second kappa shape index (κ2) is 9.06. The van der Waals surface area contributed by atoms with Crippen molar-refractivity contribution in [3.8, 4) is 11.3 Å². The fourth-order valence-electron chi connectivity index (χ4n) is 3.85. The number of anilines is 1. The normalized spacial score (nSPS) is 16.8. The maximum Gasteiger partial charge on any atom is 0.242 e. The van der Waals surface area contributed by atoms with Crippen molar-refractivity contribution in [2.45, 2.75) is 25.8 Å². The van der Waals surface area contributed by atoms with E-state index in [1.807, 2.05) is 25.1 Å². The Kier molecular flexibility index (Phi) is 6.04. The van der Waals surface area contributed by atoms with Crippen molar-refractivity contribution >= 4 is 35.0 Å². The number of carbonyl (C=O) groups is 1. The van der Waals surface area contributed by atoms with Gasteiger partial charge in [-0.25, -0.2) is 9.37 Å². The Morgan fingerprint density at radius 1 is 1.29 bits per heavy atom. The first-order valence-electron chi connectivity index (χ1n) is 10.2. The first-order chi connectivity index (χ1) is 15.1. The van der Waals surface area contributed by atoms with Crippen LogP contribution >= 0.6 is 0 Å². The second-order valence-electron chi connectivity index (χ2n) is 7.36. The molecule has 3 heterocycles. The summed E-state index contributed by atoms with van der Waals surface area (Å²) in [5.41, 5.74) is 4.11. The van der Waals surface area contributed by atoms with Gasteiger partial charge in [0.2, 0.25) is 5.91 Å². The Hall–Kier alpha value is -3.58. The monoisotopic (exact) mass is 417 g/mol. The Balaban J connectivity index is 1.79. The van der Waals surface area contributed by atoms with Crippen molar-refractivity contribution in [2.24, 2.45) is 4.99 Å². The van der Waals surface area contributed by atoms with Gasteiger partial charge in [-0.3, -0.25) is 9.79 Å². The zero-order chi connectivity index (χ0) is 21.8. The Bertz CT molecular complexity index is 1170. The van der Waals surface area contributed by atoms with Gasteiger partial charge in [-0.2, -0.15) is 0 Å². The van der Waals surface area contributed by atoms with Crippen LogP contribution in [0.2, 0.25) is 0 Å². The third kappa shape index (κ3) is 4.32. The smallest absolute Gasteiger partial charge is 0.242 e. The molecule has 2 aromatic heterocycles. The van der Waals surface area contributed by atoms with Crippen molar-refractivity contribution < 1.29 is 9.18 Å². The molecule has 1 amide bonds. The van der Waals surface area contributed by atoms with Crippen LogP contribution in [0.4, 0.5) is 10.2 Å². The summed E-state index contributed by atoms with van der Waals surface area (Å²) in [6.45, 7) is 6.29.